The minimum absolute atomic E-state index is 0.160. The molecule has 0 spiro atoms. The summed E-state index contributed by atoms with van der Waals surface area (Å²) in [6, 6.07) is 0. The van der Waals surface area contributed by atoms with Gasteiger partial charge in [-0.2, -0.15) is 13.2 Å². The average Bonchev–Trinajstić information content (AvgIpc) is 1.98. The predicted molar refractivity (Wildman–Crippen MR) is 54.8 cm³/mol. The first kappa shape index (κ1) is 14.3. The summed E-state index contributed by atoms with van der Waals surface area (Å²) in [5.41, 5.74) is -0.813. The van der Waals surface area contributed by atoms with E-state index in [1.54, 1.807) is 26.6 Å². The van der Waals surface area contributed by atoms with E-state index < -0.39 is 20.1 Å². The van der Waals surface area contributed by atoms with E-state index in [2.05, 4.69) is 0 Å². The maximum atomic E-state index is 12.4. The van der Waals surface area contributed by atoms with Crippen LogP contribution in [-0.2, 0) is 9.16 Å². The lowest BCUT2D eigenvalue weighted by Crippen LogP contribution is -2.28. The number of allylic oxidation sites excluding steroid dienone is 1. The molecule has 0 rings (SSSR count). The molecule has 90 valence electrons. The van der Waals surface area contributed by atoms with Crippen LogP contribution in [0.1, 0.15) is 13.8 Å². The second kappa shape index (κ2) is 4.91. The third-order valence-corrected chi connectivity index (χ3v) is 2.20. The monoisotopic (exact) mass is 242 g/mol. The number of halogens is 3. The van der Waals surface area contributed by atoms with Crippen molar-refractivity contribution < 1.29 is 22.3 Å². The van der Waals surface area contributed by atoms with Crippen LogP contribution in [-0.4, -0.2) is 21.1 Å². The molecule has 15 heavy (non-hydrogen) atoms. The van der Waals surface area contributed by atoms with E-state index in [9.17, 15) is 13.2 Å². The number of alkyl halides is 3. The molecule has 0 amide bonds. The van der Waals surface area contributed by atoms with Gasteiger partial charge in [-0.15, -0.1) is 0 Å². The molecule has 0 aliphatic carbocycles. The van der Waals surface area contributed by atoms with E-state index in [-0.39, 0.29) is 12.6 Å². The van der Waals surface area contributed by atoms with Crippen molar-refractivity contribution in [2.45, 2.75) is 39.7 Å². The molecular formula is C9H17F3O2Si. The summed E-state index contributed by atoms with van der Waals surface area (Å²) in [7, 11) is -2.08. The van der Waals surface area contributed by atoms with Gasteiger partial charge in [-0.25, -0.2) is 0 Å². The minimum atomic E-state index is -4.40. The van der Waals surface area contributed by atoms with Gasteiger partial charge in [-0.1, -0.05) is 0 Å². The van der Waals surface area contributed by atoms with Gasteiger partial charge in [0, 0.05) is 0 Å². The Morgan fingerprint density at radius 3 is 1.93 bits per heavy atom. The third-order valence-electron chi connectivity index (χ3n) is 1.41. The van der Waals surface area contributed by atoms with Crippen LogP contribution in [0, 0.1) is 0 Å². The van der Waals surface area contributed by atoms with Crippen LogP contribution >= 0.6 is 0 Å². The normalized spacial score (nSPS) is 14.7. The van der Waals surface area contributed by atoms with Crippen LogP contribution in [0.25, 0.3) is 0 Å². The van der Waals surface area contributed by atoms with Crippen LogP contribution in [0.5, 0.6) is 0 Å². The Morgan fingerprint density at radius 2 is 1.67 bits per heavy atom. The largest absolute Gasteiger partial charge is 0.520 e. The van der Waals surface area contributed by atoms with E-state index in [0.29, 0.717) is 0 Å². The highest BCUT2D eigenvalue weighted by Gasteiger charge is 2.36. The van der Waals surface area contributed by atoms with E-state index >= 15 is 0 Å². The number of hydrogen-bond donors (Lipinski definition) is 0. The van der Waals surface area contributed by atoms with Crippen LogP contribution in [0.2, 0.25) is 19.6 Å². The molecule has 0 aliphatic rings. The highest BCUT2D eigenvalue weighted by Crippen LogP contribution is 2.29. The smallest absolute Gasteiger partial charge is 0.419 e. The van der Waals surface area contributed by atoms with Crippen molar-refractivity contribution in [1.82, 2.24) is 0 Å². The van der Waals surface area contributed by atoms with Crippen molar-refractivity contribution in [2.75, 3.05) is 6.61 Å². The molecule has 6 heteroatoms. The zero-order chi connectivity index (χ0) is 12.3. The summed E-state index contributed by atoms with van der Waals surface area (Å²) in [5, 5.41) is 0. The molecule has 0 aliphatic heterocycles. The molecule has 0 aromatic heterocycles. The molecule has 0 fully saturated rings. The summed E-state index contributed by atoms with van der Waals surface area (Å²) in [6.07, 6.45) is -4.40. The summed E-state index contributed by atoms with van der Waals surface area (Å²) in [4.78, 5) is 0. The van der Waals surface area contributed by atoms with Gasteiger partial charge < -0.3 is 9.16 Å². The van der Waals surface area contributed by atoms with Gasteiger partial charge in [0.15, 0.2) is 0 Å². The third kappa shape index (κ3) is 5.71. The van der Waals surface area contributed by atoms with Crippen molar-refractivity contribution in [3.63, 3.8) is 0 Å². The Kier molecular flexibility index (Phi) is 4.70. The molecule has 0 saturated heterocycles. The molecule has 0 heterocycles. The van der Waals surface area contributed by atoms with Gasteiger partial charge in [0.05, 0.1) is 6.61 Å². The molecule has 2 nitrogen and oxygen atoms in total. The van der Waals surface area contributed by atoms with Crippen molar-refractivity contribution in [2.24, 2.45) is 0 Å². The van der Waals surface area contributed by atoms with Gasteiger partial charge in [0.25, 0.3) is 5.95 Å². The van der Waals surface area contributed by atoms with Crippen molar-refractivity contribution in [1.29, 1.82) is 0 Å². The van der Waals surface area contributed by atoms with Crippen molar-refractivity contribution in [3.05, 3.63) is 11.5 Å². The van der Waals surface area contributed by atoms with E-state index in [1.165, 1.54) is 0 Å². The van der Waals surface area contributed by atoms with Crippen molar-refractivity contribution in [3.8, 4) is 0 Å². The second-order valence-corrected chi connectivity index (χ2v) is 8.49. The fourth-order valence-corrected chi connectivity index (χ4v) is 1.51. The van der Waals surface area contributed by atoms with Gasteiger partial charge in [0.2, 0.25) is 8.32 Å². The fraction of sp³-hybridized carbons (Fsp3) is 0.778. The standard InChI is InChI=1S/C9H17F3O2Si/c1-6-13-8(14-15(3,4)5)7(2)9(10,11)12/h6H2,1-5H3/b8-7-. The Bertz CT molecular complexity index is 241. The minimum Gasteiger partial charge on any atom is -0.520 e. The molecule has 0 bridgehead atoms. The van der Waals surface area contributed by atoms with E-state index in [0.717, 1.165) is 6.92 Å². The Hall–Kier alpha value is -0.653. The number of rotatable bonds is 4. The summed E-state index contributed by atoms with van der Waals surface area (Å²) < 4.78 is 47.3. The highest BCUT2D eigenvalue weighted by atomic mass is 28.4. The molecular weight excluding hydrogens is 225 g/mol. The lowest BCUT2D eigenvalue weighted by atomic mass is 10.3. The highest BCUT2D eigenvalue weighted by molar-refractivity contribution is 6.70. The molecule has 0 radical (unpaired) electrons. The van der Waals surface area contributed by atoms with E-state index in [1.807, 2.05) is 0 Å². The lowest BCUT2D eigenvalue weighted by molar-refractivity contribution is -0.0992. The Labute approximate surface area is 89.2 Å². The van der Waals surface area contributed by atoms with Crippen LogP contribution in [0.4, 0.5) is 13.2 Å². The maximum Gasteiger partial charge on any atom is 0.419 e. The van der Waals surface area contributed by atoms with Gasteiger partial charge >= 0.3 is 6.18 Å². The number of hydrogen-bond acceptors (Lipinski definition) is 2. The zero-order valence-corrected chi connectivity index (χ0v) is 10.7. The maximum absolute atomic E-state index is 12.4. The molecule has 0 aromatic carbocycles. The van der Waals surface area contributed by atoms with Crippen LogP contribution in [0.3, 0.4) is 0 Å². The lowest BCUT2D eigenvalue weighted by Gasteiger charge is -2.23. The first-order valence-corrected chi connectivity index (χ1v) is 8.08. The SMILES string of the molecule is CCO/C(O[Si](C)(C)C)=C(\C)C(F)(F)F. The second-order valence-electron chi connectivity index (χ2n) is 4.06. The number of ether oxygens (including phenoxy) is 1. The Morgan fingerprint density at radius 1 is 1.20 bits per heavy atom. The van der Waals surface area contributed by atoms with Gasteiger partial charge in [0.1, 0.15) is 5.57 Å². The van der Waals surface area contributed by atoms with Crippen LogP contribution < -0.4 is 0 Å². The fourth-order valence-electron chi connectivity index (χ4n) is 0.739. The van der Waals surface area contributed by atoms with Crippen LogP contribution in [0.15, 0.2) is 11.5 Å². The quantitative estimate of drug-likeness (QED) is 0.553. The molecule has 0 aromatic rings. The summed E-state index contributed by atoms with van der Waals surface area (Å²) >= 11 is 0. The Balaban J connectivity index is 4.95. The molecule has 0 N–H and O–H groups in total. The van der Waals surface area contributed by atoms with Crippen molar-refractivity contribution >= 4 is 8.32 Å². The zero-order valence-electron chi connectivity index (χ0n) is 9.66. The summed E-state index contributed by atoms with van der Waals surface area (Å²) in [5.74, 6) is -0.385. The summed E-state index contributed by atoms with van der Waals surface area (Å²) in [6.45, 7) is 8.15. The molecule has 0 unspecified atom stereocenters. The van der Waals surface area contributed by atoms with Gasteiger partial charge in [-0.3, -0.25) is 0 Å². The molecule has 0 atom stereocenters. The first-order valence-electron chi connectivity index (χ1n) is 4.68. The predicted octanol–water partition coefficient (Wildman–Crippen LogP) is 3.67. The average molecular weight is 242 g/mol. The van der Waals surface area contributed by atoms with Gasteiger partial charge in [-0.05, 0) is 33.5 Å². The molecule has 0 saturated carbocycles. The topological polar surface area (TPSA) is 18.5 Å². The first-order chi connectivity index (χ1) is 6.58. The van der Waals surface area contributed by atoms with E-state index in [4.69, 9.17) is 9.16 Å².